The van der Waals surface area contributed by atoms with E-state index >= 15 is 0 Å². The maximum atomic E-state index is 4.45. The Labute approximate surface area is 115 Å². The minimum Gasteiger partial charge on any atom is -0.372 e. The van der Waals surface area contributed by atoms with Crippen molar-refractivity contribution in [2.24, 2.45) is 17.8 Å². The summed E-state index contributed by atoms with van der Waals surface area (Å²) in [7, 11) is 4.07. The van der Waals surface area contributed by atoms with Crippen LogP contribution in [0.3, 0.4) is 0 Å². The first kappa shape index (κ1) is 12.9. The largest absolute Gasteiger partial charge is 0.372 e. The summed E-state index contributed by atoms with van der Waals surface area (Å²) in [6, 6.07) is 0. The van der Waals surface area contributed by atoms with Crippen LogP contribution in [-0.2, 0) is 6.54 Å². The summed E-state index contributed by atoms with van der Waals surface area (Å²) in [6.45, 7) is 2.13. The van der Waals surface area contributed by atoms with Crippen LogP contribution in [-0.4, -0.2) is 35.5 Å². The van der Waals surface area contributed by atoms with Crippen molar-refractivity contribution in [3.63, 3.8) is 0 Å². The molecule has 3 unspecified atom stereocenters. The molecule has 1 N–H and O–H groups in total. The Hall–Kier alpha value is -1.16. The molecule has 19 heavy (non-hydrogen) atoms. The minimum absolute atomic E-state index is 0.833. The first-order chi connectivity index (χ1) is 9.24. The van der Waals surface area contributed by atoms with Crippen molar-refractivity contribution in [3.05, 3.63) is 18.1 Å². The quantitative estimate of drug-likeness (QED) is 0.882. The highest BCUT2D eigenvalue weighted by Gasteiger charge is 2.39. The van der Waals surface area contributed by atoms with E-state index in [1.165, 1.54) is 32.2 Å². The van der Waals surface area contributed by atoms with E-state index in [-0.39, 0.29) is 0 Å². The molecule has 0 radical (unpaired) electrons. The van der Waals surface area contributed by atoms with Crippen LogP contribution in [0.25, 0.3) is 0 Å². The van der Waals surface area contributed by atoms with Gasteiger partial charge in [0.1, 0.15) is 5.82 Å². The van der Waals surface area contributed by atoms with Gasteiger partial charge in [0.2, 0.25) is 0 Å². The summed E-state index contributed by atoms with van der Waals surface area (Å²) >= 11 is 0. The molecule has 0 aliphatic heterocycles. The van der Waals surface area contributed by atoms with Crippen LogP contribution in [0.15, 0.2) is 12.4 Å². The summed E-state index contributed by atoms with van der Waals surface area (Å²) < 4.78 is 0. The van der Waals surface area contributed by atoms with E-state index in [2.05, 4.69) is 27.2 Å². The zero-order chi connectivity index (χ0) is 13.2. The predicted octanol–water partition coefficient (Wildman–Crippen LogP) is 2.39. The molecule has 2 aliphatic rings. The van der Waals surface area contributed by atoms with Gasteiger partial charge in [-0.05, 0) is 44.1 Å². The normalized spacial score (nSPS) is 29.1. The smallest absolute Gasteiger partial charge is 0.144 e. The molecule has 0 amide bonds. The summed E-state index contributed by atoms with van der Waals surface area (Å²) in [5.74, 6) is 3.80. The number of rotatable bonds is 5. The fourth-order valence-electron chi connectivity index (χ4n) is 3.91. The van der Waals surface area contributed by atoms with Crippen LogP contribution in [0.5, 0.6) is 0 Å². The van der Waals surface area contributed by atoms with E-state index < -0.39 is 0 Å². The summed E-state index contributed by atoms with van der Waals surface area (Å²) in [5.41, 5.74) is 1.06. The highest BCUT2D eigenvalue weighted by molar-refractivity contribution is 5.29. The number of fused-ring (bicyclic) bond motifs is 2. The second kappa shape index (κ2) is 5.45. The standard InChI is InChI=1S/C15H24N4/c1-16-15-8-17-14(7-18-15)10-19(2)9-13-6-11-3-4-12(13)5-11/h7-8,11-13H,3-6,9-10H2,1-2H3,(H,16,18). The van der Waals surface area contributed by atoms with Crippen LogP contribution in [0.2, 0.25) is 0 Å². The molecule has 1 aromatic heterocycles. The third-order valence-electron chi connectivity index (χ3n) is 4.82. The summed E-state index contributed by atoms with van der Waals surface area (Å²) in [5, 5.41) is 3.00. The van der Waals surface area contributed by atoms with Crippen molar-refractivity contribution >= 4 is 5.82 Å². The molecule has 2 saturated carbocycles. The molecule has 3 atom stereocenters. The average Bonchev–Trinajstić information content (AvgIpc) is 3.02. The van der Waals surface area contributed by atoms with Crippen LogP contribution in [0.1, 0.15) is 31.4 Å². The van der Waals surface area contributed by atoms with Gasteiger partial charge in [0.05, 0.1) is 18.1 Å². The third kappa shape index (κ3) is 2.89. The Kier molecular flexibility index (Phi) is 3.69. The molecule has 0 aromatic carbocycles. The molecule has 2 bridgehead atoms. The average molecular weight is 260 g/mol. The van der Waals surface area contributed by atoms with Gasteiger partial charge in [0, 0.05) is 20.1 Å². The van der Waals surface area contributed by atoms with Gasteiger partial charge in [-0.25, -0.2) is 4.98 Å². The van der Waals surface area contributed by atoms with Crippen molar-refractivity contribution in [2.75, 3.05) is 26.0 Å². The van der Waals surface area contributed by atoms with Crippen molar-refractivity contribution < 1.29 is 0 Å². The van der Waals surface area contributed by atoms with Crippen LogP contribution >= 0.6 is 0 Å². The maximum Gasteiger partial charge on any atom is 0.144 e. The molecule has 2 aliphatic carbocycles. The lowest BCUT2D eigenvalue weighted by molar-refractivity contribution is 0.213. The SMILES string of the molecule is CNc1cnc(CN(C)CC2CC3CCC2C3)cn1. The second-order valence-corrected chi connectivity index (χ2v) is 6.27. The van der Waals surface area contributed by atoms with Gasteiger partial charge in [-0.2, -0.15) is 0 Å². The molecule has 2 fully saturated rings. The van der Waals surface area contributed by atoms with Crippen LogP contribution < -0.4 is 5.32 Å². The van der Waals surface area contributed by atoms with Crippen molar-refractivity contribution in [2.45, 2.75) is 32.2 Å². The van der Waals surface area contributed by atoms with Crippen molar-refractivity contribution in [3.8, 4) is 0 Å². The molecule has 0 saturated heterocycles. The number of anilines is 1. The first-order valence-corrected chi connectivity index (χ1v) is 7.42. The number of nitrogens with one attached hydrogen (secondary N) is 1. The molecule has 0 spiro atoms. The van der Waals surface area contributed by atoms with E-state index in [1.807, 2.05) is 13.2 Å². The monoisotopic (exact) mass is 260 g/mol. The van der Waals surface area contributed by atoms with Crippen LogP contribution in [0.4, 0.5) is 5.82 Å². The number of hydrogen-bond acceptors (Lipinski definition) is 4. The van der Waals surface area contributed by atoms with E-state index in [0.717, 1.165) is 35.8 Å². The Morgan fingerprint density at radius 1 is 1.26 bits per heavy atom. The number of nitrogens with zero attached hydrogens (tertiary/aromatic N) is 3. The number of hydrogen-bond donors (Lipinski definition) is 1. The van der Waals surface area contributed by atoms with Gasteiger partial charge in [-0.15, -0.1) is 0 Å². The van der Waals surface area contributed by atoms with Gasteiger partial charge in [-0.1, -0.05) is 6.42 Å². The number of aromatic nitrogens is 2. The van der Waals surface area contributed by atoms with E-state index in [4.69, 9.17) is 0 Å². The predicted molar refractivity (Wildman–Crippen MR) is 76.9 cm³/mol. The molecule has 3 rings (SSSR count). The summed E-state index contributed by atoms with van der Waals surface area (Å²) in [6.07, 6.45) is 9.60. The fraction of sp³-hybridized carbons (Fsp3) is 0.733. The van der Waals surface area contributed by atoms with Crippen LogP contribution in [0, 0.1) is 17.8 Å². The van der Waals surface area contributed by atoms with Gasteiger partial charge >= 0.3 is 0 Å². The van der Waals surface area contributed by atoms with Gasteiger partial charge in [-0.3, -0.25) is 4.98 Å². The molecule has 4 nitrogen and oxygen atoms in total. The lowest BCUT2D eigenvalue weighted by Gasteiger charge is -2.26. The Bertz CT molecular complexity index is 417. The molecular weight excluding hydrogens is 236 g/mol. The Balaban J connectivity index is 1.51. The lowest BCUT2D eigenvalue weighted by Crippen LogP contribution is -2.28. The van der Waals surface area contributed by atoms with E-state index in [9.17, 15) is 0 Å². The van der Waals surface area contributed by atoms with E-state index in [0.29, 0.717) is 0 Å². The van der Waals surface area contributed by atoms with Gasteiger partial charge in [0.15, 0.2) is 0 Å². The third-order valence-corrected chi connectivity index (χ3v) is 4.82. The highest BCUT2D eigenvalue weighted by Crippen LogP contribution is 2.48. The second-order valence-electron chi connectivity index (χ2n) is 6.27. The molecule has 104 valence electrons. The molecular formula is C15H24N4. The van der Waals surface area contributed by atoms with E-state index in [1.54, 1.807) is 6.20 Å². The summed E-state index contributed by atoms with van der Waals surface area (Å²) in [4.78, 5) is 11.2. The highest BCUT2D eigenvalue weighted by atomic mass is 15.1. The van der Waals surface area contributed by atoms with Crippen molar-refractivity contribution in [1.29, 1.82) is 0 Å². The zero-order valence-corrected chi connectivity index (χ0v) is 12.0. The molecule has 4 heteroatoms. The maximum absolute atomic E-state index is 4.45. The fourth-order valence-corrected chi connectivity index (χ4v) is 3.91. The van der Waals surface area contributed by atoms with Gasteiger partial charge in [0.25, 0.3) is 0 Å². The van der Waals surface area contributed by atoms with Gasteiger partial charge < -0.3 is 10.2 Å². The first-order valence-electron chi connectivity index (χ1n) is 7.42. The zero-order valence-electron chi connectivity index (χ0n) is 12.0. The van der Waals surface area contributed by atoms with Crippen molar-refractivity contribution in [1.82, 2.24) is 14.9 Å². The minimum atomic E-state index is 0.833. The molecule has 1 heterocycles. The Morgan fingerprint density at radius 3 is 2.74 bits per heavy atom. The molecule has 1 aromatic rings. The topological polar surface area (TPSA) is 41.1 Å². The Morgan fingerprint density at radius 2 is 2.16 bits per heavy atom. The lowest BCUT2D eigenvalue weighted by atomic mass is 9.88.